The molecule has 0 aliphatic carbocycles. The first-order chi connectivity index (χ1) is 40.5. The first-order valence-electron chi connectivity index (χ1n) is 38.0. The SMILES string of the molecule is CCCCCCCCCCCCCCCCCCCCCCCCCCCCCCCC(=O)OCC(COC(=O)CCCCCCCCCCCCCCCCCC)OC(=O)CCCCCCCCCCCCCCCCCCCCC. The van der Waals surface area contributed by atoms with Crippen LogP contribution in [0.15, 0.2) is 0 Å². The maximum absolute atomic E-state index is 13.0. The Balaban J connectivity index is 4.17. The smallest absolute Gasteiger partial charge is 0.306 e. The molecule has 0 saturated carbocycles. The van der Waals surface area contributed by atoms with Gasteiger partial charge in [0.1, 0.15) is 13.2 Å². The van der Waals surface area contributed by atoms with Crippen LogP contribution in [0, 0.1) is 0 Å². The van der Waals surface area contributed by atoms with Gasteiger partial charge in [-0.05, 0) is 19.3 Å². The molecule has 0 amide bonds. The van der Waals surface area contributed by atoms with Crippen LogP contribution in [0.4, 0.5) is 0 Å². The number of hydrogen-bond acceptors (Lipinski definition) is 6. The number of carbonyl (C=O) groups excluding carboxylic acids is 3. The van der Waals surface area contributed by atoms with Crippen molar-refractivity contribution in [2.75, 3.05) is 13.2 Å². The molecule has 0 aromatic rings. The number of unbranched alkanes of at least 4 members (excludes halogenated alkanes) is 61. The van der Waals surface area contributed by atoms with Crippen molar-refractivity contribution < 1.29 is 28.6 Å². The fourth-order valence-corrected chi connectivity index (χ4v) is 12.2. The predicted molar refractivity (Wildman–Crippen MR) is 358 cm³/mol. The summed E-state index contributed by atoms with van der Waals surface area (Å²) in [5.74, 6) is -0.815. The summed E-state index contributed by atoms with van der Waals surface area (Å²) in [5.41, 5.74) is 0. The number of ether oxygens (including phenoxy) is 3. The van der Waals surface area contributed by atoms with Crippen LogP contribution in [0.2, 0.25) is 0 Å². The quantitative estimate of drug-likeness (QED) is 0.0343. The van der Waals surface area contributed by atoms with Gasteiger partial charge in [0.05, 0.1) is 0 Å². The fraction of sp³-hybridized carbons (Fsp3) is 0.961. The van der Waals surface area contributed by atoms with Crippen LogP contribution in [0.5, 0.6) is 0 Å². The molecule has 0 aliphatic heterocycles. The second-order valence-corrected chi connectivity index (χ2v) is 26.3. The normalized spacial score (nSPS) is 11.9. The molecule has 0 fully saturated rings. The molecule has 1 unspecified atom stereocenters. The maximum atomic E-state index is 13.0. The molecule has 0 aromatic heterocycles. The Hall–Kier alpha value is -1.59. The topological polar surface area (TPSA) is 78.9 Å². The molecule has 0 spiro atoms. The van der Waals surface area contributed by atoms with Crippen molar-refractivity contribution in [1.82, 2.24) is 0 Å². The molecule has 6 nitrogen and oxygen atoms in total. The molecule has 82 heavy (non-hydrogen) atoms. The molecule has 488 valence electrons. The third-order valence-electron chi connectivity index (χ3n) is 17.9. The molecule has 0 rings (SSSR count). The minimum Gasteiger partial charge on any atom is -0.462 e. The van der Waals surface area contributed by atoms with E-state index in [-0.39, 0.29) is 31.1 Å². The molecule has 1 atom stereocenters. The van der Waals surface area contributed by atoms with Gasteiger partial charge in [0.15, 0.2) is 6.10 Å². The van der Waals surface area contributed by atoms with Gasteiger partial charge in [-0.3, -0.25) is 14.4 Å². The minimum absolute atomic E-state index is 0.0599. The van der Waals surface area contributed by atoms with Crippen LogP contribution in [-0.4, -0.2) is 37.2 Å². The van der Waals surface area contributed by atoms with E-state index in [1.54, 1.807) is 0 Å². The lowest BCUT2D eigenvalue weighted by Gasteiger charge is -2.18. The van der Waals surface area contributed by atoms with E-state index in [0.717, 1.165) is 57.8 Å². The highest BCUT2D eigenvalue weighted by atomic mass is 16.6. The van der Waals surface area contributed by atoms with Gasteiger partial charge in [-0.15, -0.1) is 0 Å². The number of rotatable bonds is 72. The van der Waals surface area contributed by atoms with Crippen LogP contribution in [0.25, 0.3) is 0 Å². The van der Waals surface area contributed by atoms with Crippen molar-refractivity contribution in [3.05, 3.63) is 0 Å². The Bertz CT molecular complexity index is 1240. The molecule has 0 N–H and O–H groups in total. The Morgan fingerprint density at radius 2 is 0.329 bits per heavy atom. The average Bonchev–Trinajstić information content (AvgIpc) is 3.47. The number of esters is 3. The van der Waals surface area contributed by atoms with E-state index in [1.807, 2.05) is 0 Å². The predicted octanol–water partition coefficient (Wildman–Crippen LogP) is 26.2. The van der Waals surface area contributed by atoms with Gasteiger partial charge < -0.3 is 14.2 Å². The molecular weight excluding hydrogens is 1010 g/mol. The zero-order valence-electron chi connectivity index (χ0n) is 56.3. The van der Waals surface area contributed by atoms with E-state index < -0.39 is 6.10 Å². The monoisotopic (exact) mass is 1160 g/mol. The zero-order chi connectivity index (χ0) is 59.2. The first-order valence-corrected chi connectivity index (χ1v) is 38.0. The Morgan fingerprint density at radius 3 is 0.488 bits per heavy atom. The third-order valence-corrected chi connectivity index (χ3v) is 17.9. The van der Waals surface area contributed by atoms with Crippen molar-refractivity contribution >= 4 is 17.9 Å². The van der Waals surface area contributed by atoms with Crippen LogP contribution < -0.4 is 0 Å². The summed E-state index contributed by atoms with van der Waals surface area (Å²) in [6, 6.07) is 0. The standard InChI is InChI=1S/C76H148O6/c1-4-7-10-13-16-19-22-25-28-31-33-34-35-36-37-38-39-40-41-42-44-45-48-51-54-57-60-63-66-69-75(78)81-72-73(71-80-74(77)68-65-62-59-56-53-50-47-30-27-24-21-18-15-12-9-6-3)82-76(79)70-67-64-61-58-55-52-49-46-43-32-29-26-23-20-17-14-11-8-5-2/h73H,4-72H2,1-3H3. The van der Waals surface area contributed by atoms with E-state index >= 15 is 0 Å². The summed E-state index contributed by atoms with van der Waals surface area (Å²) in [7, 11) is 0. The summed E-state index contributed by atoms with van der Waals surface area (Å²) in [4.78, 5) is 38.5. The first kappa shape index (κ1) is 80.4. The number of carbonyl (C=O) groups is 3. The molecule has 0 bridgehead atoms. The van der Waals surface area contributed by atoms with Crippen LogP contribution in [-0.2, 0) is 28.6 Å². The van der Waals surface area contributed by atoms with Crippen LogP contribution in [0.3, 0.4) is 0 Å². The maximum Gasteiger partial charge on any atom is 0.306 e. The Labute approximate surface area is 514 Å². The highest BCUT2D eigenvalue weighted by Gasteiger charge is 2.20. The van der Waals surface area contributed by atoms with E-state index in [9.17, 15) is 14.4 Å². The summed E-state index contributed by atoms with van der Waals surface area (Å²) in [6.07, 6.45) is 85.8. The summed E-state index contributed by atoms with van der Waals surface area (Å²) in [5, 5.41) is 0. The van der Waals surface area contributed by atoms with Gasteiger partial charge in [0, 0.05) is 19.3 Å². The van der Waals surface area contributed by atoms with E-state index in [4.69, 9.17) is 14.2 Å². The lowest BCUT2D eigenvalue weighted by Crippen LogP contribution is -2.30. The highest BCUT2D eigenvalue weighted by Crippen LogP contribution is 2.20. The van der Waals surface area contributed by atoms with Gasteiger partial charge in [0.2, 0.25) is 0 Å². The van der Waals surface area contributed by atoms with Crippen molar-refractivity contribution in [3.8, 4) is 0 Å². The summed E-state index contributed by atoms with van der Waals surface area (Å²) in [6.45, 7) is 6.76. The fourth-order valence-electron chi connectivity index (χ4n) is 12.2. The van der Waals surface area contributed by atoms with Crippen LogP contribution in [0.1, 0.15) is 451 Å². The van der Waals surface area contributed by atoms with Crippen molar-refractivity contribution in [2.45, 2.75) is 457 Å². The average molecular weight is 1160 g/mol. The summed E-state index contributed by atoms with van der Waals surface area (Å²) >= 11 is 0. The van der Waals surface area contributed by atoms with E-state index in [2.05, 4.69) is 20.8 Å². The second kappa shape index (κ2) is 71.9. The summed E-state index contributed by atoms with van der Waals surface area (Å²) < 4.78 is 17.0. The lowest BCUT2D eigenvalue weighted by molar-refractivity contribution is -0.167. The van der Waals surface area contributed by atoms with Gasteiger partial charge in [-0.1, -0.05) is 412 Å². The Morgan fingerprint density at radius 1 is 0.195 bits per heavy atom. The van der Waals surface area contributed by atoms with Gasteiger partial charge in [0.25, 0.3) is 0 Å². The molecule has 0 heterocycles. The van der Waals surface area contributed by atoms with E-state index in [1.165, 1.54) is 353 Å². The van der Waals surface area contributed by atoms with Crippen molar-refractivity contribution in [3.63, 3.8) is 0 Å². The molecule has 6 heteroatoms. The minimum atomic E-state index is -0.764. The molecular formula is C76H148O6. The molecule has 0 radical (unpaired) electrons. The highest BCUT2D eigenvalue weighted by molar-refractivity contribution is 5.71. The second-order valence-electron chi connectivity index (χ2n) is 26.3. The van der Waals surface area contributed by atoms with Crippen molar-refractivity contribution in [2.24, 2.45) is 0 Å². The van der Waals surface area contributed by atoms with Gasteiger partial charge >= 0.3 is 17.9 Å². The molecule has 0 aromatic carbocycles. The van der Waals surface area contributed by atoms with E-state index in [0.29, 0.717) is 19.3 Å². The largest absolute Gasteiger partial charge is 0.462 e. The third kappa shape index (κ3) is 69.2. The molecule has 0 saturated heterocycles. The van der Waals surface area contributed by atoms with Crippen molar-refractivity contribution in [1.29, 1.82) is 0 Å². The Kier molecular flexibility index (Phi) is 70.5. The lowest BCUT2D eigenvalue weighted by atomic mass is 10.0. The van der Waals surface area contributed by atoms with Crippen LogP contribution >= 0.6 is 0 Å². The molecule has 0 aliphatic rings. The number of hydrogen-bond donors (Lipinski definition) is 0. The van der Waals surface area contributed by atoms with Gasteiger partial charge in [-0.25, -0.2) is 0 Å². The zero-order valence-corrected chi connectivity index (χ0v) is 56.3. The van der Waals surface area contributed by atoms with Gasteiger partial charge in [-0.2, -0.15) is 0 Å².